The lowest BCUT2D eigenvalue weighted by molar-refractivity contribution is 0.0729. The van der Waals surface area contributed by atoms with Crippen LogP contribution in [0.3, 0.4) is 0 Å². The number of esters is 1. The summed E-state index contributed by atoms with van der Waals surface area (Å²) in [5, 5.41) is 3.98. The van der Waals surface area contributed by atoms with Crippen molar-refractivity contribution in [3.8, 4) is 23.0 Å². The van der Waals surface area contributed by atoms with Gasteiger partial charge < -0.3 is 18.9 Å². The zero-order valence-corrected chi connectivity index (χ0v) is 19.7. The molecule has 0 atom stereocenters. The molecule has 0 aromatic heterocycles. The largest absolute Gasteiger partial charge is 0.497 e. The number of nitrogens with one attached hydrogen (secondary N) is 1. The molecule has 8 nitrogen and oxygen atoms in total. The summed E-state index contributed by atoms with van der Waals surface area (Å²) in [6, 6.07) is 16.5. The molecule has 3 rings (SSSR count). The first kappa shape index (κ1) is 23.8. The third-order valence-corrected chi connectivity index (χ3v) is 5.00. The van der Waals surface area contributed by atoms with Gasteiger partial charge in [0.2, 0.25) is 0 Å². The highest BCUT2D eigenvalue weighted by Crippen LogP contribution is 2.28. The van der Waals surface area contributed by atoms with E-state index >= 15 is 0 Å². The molecule has 1 N–H and O–H groups in total. The third kappa shape index (κ3) is 6.11. The number of hydrogen-bond donors (Lipinski definition) is 1. The van der Waals surface area contributed by atoms with E-state index in [9.17, 15) is 9.59 Å². The molecule has 0 radical (unpaired) electrons. The van der Waals surface area contributed by atoms with Crippen molar-refractivity contribution >= 4 is 34.0 Å². The molecule has 1 amide bonds. The summed E-state index contributed by atoms with van der Waals surface area (Å²) in [5.74, 6) is 0.682. The number of benzene rings is 3. The Bertz CT molecular complexity index is 1180. The number of ether oxygens (including phenoxy) is 4. The van der Waals surface area contributed by atoms with Gasteiger partial charge in [0.1, 0.15) is 11.5 Å². The molecular weight excluding hydrogens is 492 g/mol. The number of methoxy groups -OCH3 is 3. The van der Waals surface area contributed by atoms with E-state index in [1.807, 2.05) is 0 Å². The van der Waals surface area contributed by atoms with Crippen molar-refractivity contribution in [3.05, 3.63) is 81.8 Å². The van der Waals surface area contributed by atoms with Gasteiger partial charge in [0.25, 0.3) is 5.91 Å². The molecule has 0 aliphatic carbocycles. The van der Waals surface area contributed by atoms with Gasteiger partial charge in [0.05, 0.1) is 38.7 Å². The summed E-state index contributed by atoms with van der Waals surface area (Å²) >= 11 is 3.33. The SMILES string of the molecule is COc1ccc(C(=O)Oc2ccc(/C=N\NC(=O)c3cc(Br)ccc3OC)cc2OC)cc1. The molecule has 0 bridgehead atoms. The second-order valence-corrected chi connectivity index (χ2v) is 7.49. The van der Waals surface area contributed by atoms with Crippen molar-refractivity contribution in [1.29, 1.82) is 0 Å². The molecule has 0 spiro atoms. The first-order valence-electron chi connectivity index (χ1n) is 9.66. The molecule has 3 aromatic carbocycles. The smallest absolute Gasteiger partial charge is 0.343 e. The van der Waals surface area contributed by atoms with Crippen LogP contribution in [0.2, 0.25) is 0 Å². The van der Waals surface area contributed by atoms with Gasteiger partial charge in [-0.3, -0.25) is 4.79 Å². The zero-order valence-electron chi connectivity index (χ0n) is 18.1. The lowest BCUT2D eigenvalue weighted by Crippen LogP contribution is -2.18. The quantitative estimate of drug-likeness (QED) is 0.207. The molecule has 0 fully saturated rings. The van der Waals surface area contributed by atoms with Gasteiger partial charge in [-0.1, -0.05) is 15.9 Å². The van der Waals surface area contributed by atoms with Gasteiger partial charge in [-0.25, -0.2) is 10.2 Å². The van der Waals surface area contributed by atoms with Crippen LogP contribution in [0, 0.1) is 0 Å². The molecule has 170 valence electrons. The van der Waals surface area contributed by atoms with Crippen LogP contribution in [0.4, 0.5) is 0 Å². The van der Waals surface area contributed by atoms with E-state index in [1.165, 1.54) is 20.4 Å². The second kappa shape index (κ2) is 11.1. The van der Waals surface area contributed by atoms with Crippen molar-refractivity contribution in [2.45, 2.75) is 0 Å². The van der Waals surface area contributed by atoms with Gasteiger partial charge in [0, 0.05) is 4.47 Å². The third-order valence-electron chi connectivity index (χ3n) is 4.50. The summed E-state index contributed by atoms with van der Waals surface area (Å²) in [7, 11) is 4.49. The average Bonchev–Trinajstić information content (AvgIpc) is 2.84. The minimum Gasteiger partial charge on any atom is -0.497 e. The summed E-state index contributed by atoms with van der Waals surface area (Å²) in [5.41, 5.74) is 3.79. The van der Waals surface area contributed by atoms with Crippen LogP contribution in [-0.4, -0.2) is 39.4 Å². The Hall–Kier alpha value is -3.85. The topological polar surface area (TPSA) is 95.5 Å². The van der Waals surface area contributed by atoms with Crippen LogP contribution in [-0.2, 0) is 0 Å². The lowest BCUT2D eigenvalue weighted by Gasteiger charge is -2.10. The summed E-state index contributed by atoms with van der Waals surface area (Å²) < 4.78 is 21.8. The van der Waals surface area contributed by atoms with Gasteiger partial charge in [-0.15, -0.1) is 0 Å². The number of hydrogen-bond acceptors (Lipinski definition) is 7. The summed E-state index contributed by atoms with van der Waals surface area (Å²) in [6.07, 6.45) is 1.44. The van der Waals surface area contributed by atoms with Gasteiger partial charge in [-0.2, -0.15) is 5.10 Å². The average molecular weight is 513 g/mol. The van der Waals surface area contributed by atoms with Crippen LogP contribution in [0.25, 0.3) is 0 Å². The van der Waals surface area contributed by atoms with Crippen LogP contribution < -0.4 is 24.4 Å². The predicted molar refractivity (Wildman–Crippen MR) is 127 cm³/mol. The van der Waals surface area contributed by atoms with Crippen LogP contribution in [0.15, 0.2) is 70.2 Å². The minimum absolute atomic E-state index is 0.248. The van der Waals surface area contributed by atoms with Crippen molar-refractivity contribution in [2.75, 3.05) is 21.3 Å². The number of rotatable bonds is 8. The normalized spacial score (nSPS) is 10.5. The maximum Gasteiger partial charge on any atom is 0.343 e. The van der Waals surface area contributed by atoms with E-state index in [4.69, 9.17) is 18.9 Å². The Morgan fingerprint density at radius 3 is 2.21 bits per heavy atom. The molecule has 0 aliphatic heterocycles. The fourth-order valence-electron chi connectivity index (χ4n) is 2.82. The number of carbonyl (C=O) groups is 2. The molecule has 0 heterocycles. The number of hydrazone groups is 1. The van der Waals surface area contributed by atoms with Gasteiger partial charge in [-0.05, 0) is 66.2 Å². The fraction of sp³-hybridized carbons (Fsp3) is 0.125. The first-order chi connectivity index (χ1) is 15.9. The Morgan fingerprint density at radius 1 is 0.848 bits per heavy atom. The van der Waals surface area contributed by atoms with E-state index in [0.29, 0.717) is 33.9 Å². The number of nitrogens with zero attached hydrogens (tertiary/aromatic N) is 1. The highest BCUT2D eigenvalue weighted by molar-refractivity contribution is 9.10. The summed E-state index contributed by atoms with van der Waals surface area (Å²) in [6.45, 7) is 0. The molecule has 0 saturated heterocycles. The highest BCUT2D eigenvalue weighted by Gasteiger charge is 2.14. The van der Waals surface area contributed by atoms with Crippen LogP contribution in [0.5, 0.6) is 23.0 Å². The predicted octanol–water partition coefficient (Wildman–Crippen LogP) is 4.46. The standard InChI is InChI=1S/C24H21BrN2O6/c1-30-18-8-5-16(6-9-18)24(29)33-21-10-4-15(12-22(21)32-3)14-26-27-23(28)19-13-17(25)7-11-20(19)31-2/h4-14H,1-3H3,(H,27,28)/b26-14-. The highest BCUT2D eigenvalue weighted by atomic mass is 79.9. The van der Waals surface area contributed by atoms with E-state index in [2.05, 4.69) is 26.5 Å². The molecule has 0 saturated carbocycles. The molecular formula is C24H21BrN2O6. The van der Waals surface area contributed by atoms with Crippen LogP contribution >= 0.6 is 15.9 Å². The first-order valence-corrected chi connectivity index (χ1v) is 10.5. The zero-order chi connectivity index (χ0) is 23.8. The van der Waals surface area contributed by atoms with Crippen molar-refractivity contribution in [1.82, 2.24) is 5.43 Å². The number of carbonyl (C=O) groups excluding carboxylic acids is 2. The molecule has 0 unspecified atom stereocenters. The van der Waals surface area contributed by atoms with E-state index < -0.39 is 11.9 Å². The number of halogens is 1. The lowest BCUT2D eigenvalue weighted by atomic mass is 10.2. The van der Waals surface area contributed by atoms with Crippen molar-refractivity contribution < 1.29 is 28.5 Å². The van der Waals surface area contributed by atoms with E-state index in [-0.39, 0.29) is 5.75 Å². The second-order valence-electron chi connectivity index (χ2n) is 6.57. The maximum absolute atomic E-state index is 12.4. The Kier molecular flexibility index (Phi) is 8.04. The Morgan fingerprint density at radius 2 is 1.55 bits per heavy atom. The van der Waals surface area contributed by atoms with E-state index in [0.717, 1.165) is 4.47 Å². The Balaban J connectivity index is 1.69. The van der Waals surface area contributed by atoms with Gasteiger partial charge in [0.15, 0.2) is 11.5 Å². The molecule has 9 heteroatoms. The minimum atomic E-state index is -0.535. The molecule has 3 aromatic rings. The van der Waals surface area contributed by atoms with Crippen molar-refractivity contribution in [3.63, 3.8) is 0 Å². The number of amides is 1. The monoisotopic (exact) mass is 512 g/mol. The molecule has 0 aliphatic rings. The van der Waals surface area contributed by atoms with Crippen molar-refractivity contribution in [2.24, 2.45) is 5.10 Å². The Labute approximate surface area is 199 Å². The maximum atomic E-state index is 12.4. The molecule has 33 heavy (non-hydrogen) atoms. The van der Waals surface area contributed by atoms with Crippen LogP contribution in [0.1, 0.15) is 26.3 Å². The van der Waals surface area contributed by atoms with Gasteiger partial charge >= 0.3 is 5.97 Å². The fourth-order valence-corrected chi connectivity index (χ4v) is 3.18. The van der Waals surface area contributed by atoms with E-state index in [1.54, 1.807) is 67.8 Å². The summed E-state index contributed by atoms with van der Waals surface area (Å²) in [4.78, 5) is 24.8.